The number of aromatic nitrogens is 2. The molecule has 3 N–H and O–H groups in total. The molecule has 33 heavy (non-hydrogen) atoms. The van der Waals surface area contributed by atoms with Gasteiger partial charge in [0.05, 0.1) is 5.52 Å². The second kappa shape index (κ2) is 10.3. The molecule has 1 aliphatic carbocycles. The summed E-state index contributed by atoms with van der Waals surface area (Å²) in [4.78, 5) is 23.8. The smallest absolute Gasteiger partial charge is 0.319 e. The first-order chi connectivity index (χ1) is 15.9. The van der Waals surface area contributed by atoms with Crippen molar-refractivity contribution in [1.82, 2.24) is 15.3 Å². The molecule has 3 aromatic rings. The predicted octanol–water partition coefficient (Wildman–Crippen LogP) is 5.45. The SMILES string of the molecule is Cc1c(Cl)cccc1NC(=O)NC[C@H]1CC[C@@H](Nc2nc(N(C)C)c3ccccc3n2)CC1. The van der Waals surface area contributed by atoms with Gasteiger partial charge in [-0.15, -0.1) is 0 Å². The Morgan fingerprint density at radius 2 is 1.82 bits per heavy atom. The van der Waals surface area contributed by atoms with Crippen molar-refractivity contribution in [3.63, 3.8) is 0 Å². The zero-order chi connectivity index (χ0) is 23.4. The first-order valence-corrected chi connectivity index (χ1v) is 11.8. The fourth-order valence-electron chi connectivity index (χ4n) is 4.31. The summed E-state index contributed by atoms with van der Waals surface area (Å²) in [5.41, 5.74) is 2.55. The van der Waals surface area contributed by atoms with Crippen molar-refractivity contribution in [2.45, 2.75) is 38.6 Å². The van der Waals surface area contributed by atoms with E-state index in [0.717, 1.165) is 53.7 Å². The molecule has 0 radical (unpaired) electrons. The number of anilines is 3. The van der Waals surface area contributed by atoms with Gasteiger partial charge in [0.2, 0.25) is 5.95 Å². The van der Waals surface area contributed by atoms with E-state index in [1.54, 1.807) is 0 Å². The van der Waals surface area contributed by atoms with E-state index >= 15 is 0 Å². The van der Waals surface area contributed by atoms with E-state index in [0.29, 0.717) is 29.5 Å². The van der Waals surface area contributed by atoms with Gasteiger partial charge in [-0.2, -0.15) is 4.98 Å². The molecular weight excluding hydrogens is 436 g/mol. The molecule has 0 aliphatic heterocycles. The minimum Gasteiger partial charge on any atom is -0.362 e. The molecule has 7 nitrogen and oxygen atoms in total. The van der Waals surface area contributed by atoms with Crippen LogP contribution in [0.2, 0.25) is 5.02 Å². The zero-order valence-corrected chi connectivity index (χ0v) is 20.1. The number of nitrogens with one attached hydrogen (secondary N) is 3. The Labute approximate surface area is 199 Å². The molecular formula is C25H31ClN6O. The molecule has 0 atom stereocenters. The van der Waals surface area contributed by atoms with Gasteiger partial charge in [-0.3, -0.25) is 0 Å². The number of halogens is 1. The summed E-state index contributed by atoms with van der Waals surface area (Å²) in [6.07, 6.45) is 4.13. The molecule has 4 rings (SSSR count). The Morgan fingerprint density at radius 1 is 1.06 bits per heavy atom. The number of urea groups is 1. The van der Waals surface area contributed by atoms with E-state index < -0.39 is 0 Å². The average Bonchev–Trinajstić information content (AvgIpc) is 2.81. The lowest BCUT2D eigenvalue weighted by atomic mass is 9.86. The van der Waals surface area contributed by atoms with Crippen molar-refractivity contribution in [2.24, 2.45) is 5.92 Å². The molecule has 1 fully saturated rings. The Bertz CT molecular complexity index is 1130. The molecule has 2 amide bonds. The predicted molar refractivity (Wildman–Crippen MR) is 136 cm³/mol. The molecule has 2 aromatic carbocycles. The largest absolute Gasteiger partial charge is 0.362 e. The maximum Gasteiger partial charge on any atom is 0.319 e. The lowest BCUT2D eigenvalue weighted by molar-refractivity contribution is 0.246. The van der Waals surface area contributed by atoms with Gasteiger partial charge in [-0.25, -0.2) is 9.78 Å². The number of amides is 2. The van der Waals surface area contributed by atoms with Crippen LogP contribution >= 0.6 is 11.6 Å². The van der Waals surface area contributed by atoms with Crippen molar-refractivity contribution < 1.29 is 4.79 Å². The number of benzene rings is 2. The van der Waals surface area contributed by atoms with Crippen molar-refractivity contribution in [3.8, 4) is 0 Å². The van der Waals surface area contributed by atoms with E-state index in [2.05, 4.69) is 22.0 Å². The molecule has 0 saturated heterocycles. The third-order valence-electron chi connectivity index (χ3n) is 6.25. The van der Waals surface area contributed by atoms with Crippen molar-refractivity contribution >= 4 is 46.0 Å². The summed E-state index contributed by atoms with van der Waals surface area (Å²) in [6, 6.07) is 13.7. The van der Waals surface area contributed by atoms with Crippen LogP contribution in [-0.2, 0) is 0 Å². The molecule has 1 aromatic heterocycles. The summed E-state index contributed by atoms with van der Waals surface area (Å²) in [5, 5.41) is 11.1. The van der Waals surface area contributed by atoms with Crippen molar-refractivity contribution in [1.29, 1.82) is 0 Å². The minimum atomic E-state index is -0.193. The lowest BCUT2D eigenvalue weighted by Gasteiger charge is -2.29. The molecule has 0 unspecified atom stereocenters. The highest BCUT2D eigenvalue weighted by Crippen LogP contribution is 2.28. The number of carbonyl (C=O) groups is 1. The zero-order valence-electron chi connectivity index (χ0n) is 19.4. The van der Waals surface area contributed by atoms with Crippen LogP contribution in [0.25, 0.3) is 10.9 Å². The first kappa shape index (κ1) is 23.1. The Morgan fingerprint density at radius 3 is 2.58 bits per heavy atom. The average molecular weight is 467 g/mol. The third kappa shape index (κ3) is 5.66. The minimum absolute atomic E-state index is 0.193. The highest BCUT2D eigenvalue weighted by molar-refractivity contribution is 6.31. The van der Waals surface area contributed by atoms with E-state index in [4.69, 9.17) is 21.6 Å². The number of hydrogen-bond acceptors (Lipinski definition) is 5. The topological polar surface area (TPSA) is 82.2 Å². The van der Waals surface area contributed by atoms with Crippen LogP contribution in [0.15, 0.2) is 42.5 Å². The van der Waals surface area contributed by atoms with E-state index in [1.165, 1.54) is 0 Å². The Balaban J connectivity index is 1.28. The number of carbonyl (C=O) groups excluding carboxylic acids is 1. The van der Waals surface area contributed by atoms with Gasteiger partial charge >= 0.3 is 6.03 Å². The van der Waals surface area contributed by atoms with Crippen molar-refractivity contribution in [3.05, 3.63) is 53.1 Å². The standard InChI is InChI=1S/C25H31ClN6O/c1-16-20(26)8-6-10-21(16)30-25(33)27-15-17-11-13-18(14-12-17)28-24-29-22-9-5-4-7-19(22)23(31-24)32(2)3/h4-10,17-18H,11-15H2,1-3H3,(H2,27,30,33)(H,28,29,31)/t17-,18+. The van der Waals surface area contributed by atoms with E-state index in [-0.39, 0.29) is 6.03 Å². The van der Waals surface area contributed by atoms with Gasteiger partial charge in [-0.05, 0) is 68.4 Å². The maximum atomic E-state index is 12.3. The van der Waals surface area contributed by atoms with E-state index in [1.807, 2.05) is 62.3 Å². The highest BCUT2D eigenvalue weighted by Gasteiger charge is 2.23. The van der Waals surface area contributed by atoms with Crippen molar-refractivity contribution in [2.75, 3.05) is 36.2 Å². The second-order valence-electron chi connectivity index (χ2n) is 8.89. The summed E-state index contributed by atoms with van der Waals surface area (Å²) >= 11 is 6.13. The number of hydrogen-bond donors (Lipinski definition) is 3. The number of nitrogens with zero attached hydrogens (tertiary/aromatic N) is 3. The Kier molecular flexibility index (Phi) is 7.18. The summed E-state index contributed by atoms with van der Waals surface area (Å²) in [5.74, 6) is 2.06. The summed E-state index contributed by atoms with van der Waals surface area (Å²) < 4.78 is 0. The fourth-order valence-corrected chi connectivity index (χ4v) is 4.48. The quantitative estimate of drug-likeness (QED) is 0.450. The molecule has 174 valence electrons. The van der Waals surface area contributed by atoms with Gasteiger partial charge in [-0.1, -0.05) is 29.8 Å². The molecule has 1 aliphatic rings. The molecule has 1 heterocycles. The second-order valence-corrected chi connectivity index (χ2v) is 9.30. The van der Waals surface area contributed by atoms with Crippen LogP contribution in [0, 0.1) is 12.8 Å². The summed E-state index contributed by atoms with van der Waals surface area (Å²) in [7, 11) is 4.00. The highest BCUT2D eigenvalue weighted by atomic mass is 35.5. The number of rotatable bonds is 6. The maximum absolute atomic E-state index is 12.3. The molecule has 8 heteroatoms. The van der Waals surface area contributed by atoms with Crippen LogP contribution in [-0.4, -0.2) is 42.7 Å². The van der Waals surface area contributed by atoms with Gasteiger partial charge < -0.3 is 20.9 Å². The van der Waals surface area contributed by atoms with Crippen LogP contribution in [0.5, 0.6) is 0 Å². The lowest BCUT2D eigenvalue weighted by Crippen LogP contribution is -2.36. The molecule has 0 bridgehead atoms. The van der Waals surface area contributed by atoms with Crippen LogP contribution in [0.1, 0.15) is 31.2 Å². The molecule has 1 saturated carbocycles. The van der Waals surface area contributed by atoms with Gasteiger partial charge in [0, 0.05) is 42.8 Å². The fraction of sp³-hybridized carbons (Fsp3) is 0.400. The normalized spacial score (nSPS) is 18.1. The van der Waals surface area contributed by atoms with Gasteiger partial charge in [0.15, 0.2) is 0 Å². The van der Waals surface area contributed by atoms with Gasteiger partial charge in [0.1, 0.15) is 5.82 Å². The van der Waals surface area contributed by atoms with Crippen LogP contribution in [0.4, 0.5) is 22.2 Å². The summed E-state index contributed by atoms with van der Waals surface area (Å²) in [6.45, 7) is 2.56. The first-order valence-electron chi connectivity index (χ1n) is 11.4. The monoisotopic (exact) mass is 466 g/mol. The number of para-hydroxylation sites is 1. The van der Waals surface area contributed by atoms with Crippen LogP contribution < -0.4 is 20.9 Å². The van der Waals surface area contributed by atoms with Crippen LogP contribution in [0.3, 0.4) is 0 Å². The van der Waals surface area contributed by atoms with Gasteiger partial charge in [0.25, 0.3) is 0 Å². The third-order valence-corrected chi connectivity index (χ3v) is 6.66. The Hall–Kier alpha value is -3.06. The van der Waals surface area contributed by atoms with E-state index in [9.17, 15) is 4.79 Å². The molecule has 0 spiro atoms. The number of fused-ring (bicyclic) bond motifs is 1.